The van der Waals surface area contributed by atoms with E-state index >= 15 is 0 Å². The Hall–Kier alpha value is -1.74. The van der Waals surface area contributed by atoms with Crippen molar-refractivity contribution in [2.75, 3.05) is 5.32 Å². The van der Waals surface area contributed by atoms with E-state index in [1.165, 1.54) is 0 Å². The Morgan fingerprint density at radius 3 is 2.53 bits per heavy atom. The van der Waals surface area contributed by atoms with E-state index in [9.17, 15) is 0 Å². The molecule has 3 rings (SSSR count). The smallest absolute Gasteiger partial charge is 0.134 e. The minimum Gasteiger partial charge on any atom is -0.459 e. The minimum absolute atomic E-state index is 0.133. The molecule has 3 aromatic rings. The van der Waals surface area contributed by atoms with Gasteiger partial charge in [0.25, 0.3) is 0 Å². The van der Waals surface area contributed by atoms with Crippen molar-refractivity contribution in [1.82, 2.24) is 0 Å². The summed E-state index contributed by atoms with van der Waals surface area (Å²) in [7, 11) is 0. The van der Waals surface area contributed by atoms with Gasteiger partial charge in [-0.2, -0.15) is 0 Å². The van der Waals surface area contributed by atoms with Crippen LogP contribution in [0.15, 0.2) is 63.5 Å². The maximum atomic E-state index is 5.85. The van der Waals surface area contributed by atoms with Crippen LogP contribution in [0.25, 0.3) is 11.0 Å². The van der Waals surface area contributed by atoms with Crippen molar-refractivity contribution in [2.45, 2.75) is 13.0 Å². The van der Waals surface area contributed by atoms with Gasteiger partial charge in [0.15, 0.2) is 0 Å². The Morgan fingerprint density at radius 1 is 1.05 bits per heavy atom. The highest BCUT2D eigenvalue weighted by atomic mass is 79.9. The summed E-state index contributed by atoms with van der Waals surface area (Å²) in [5.41, 5.74) is 2.01. The van der Waals surface area contributed by atoms with E-state index in [0.717, 1.165) is 26.9 Å². The van der Waals surface area contributed by atoms with Crippen LogP contribution in [0.1, 0.15) is 18.7 Å². The van der Waals surface area contributed by atoms with E-state index in [1.54, 1.807) is 0 Å². The number of rotatable bonds is 3. The number of nitrogens with one attached hydrogen (secondary N) is 1. The molecule has 1 aromatic heterocycles. The Kier molecular flexibility index (Phi) is 3.30. The lowest BCUT2D eigenvalue weighted by molar-refractivity contribution is 0.526. The lowest BCUT2D eigenvalue weighted by atomic mass is 10.2. The van der Waals surface area contributed by atoms with E-state index in [2.05, 4.69) is 40.3 Å². The van der Waals surface area contributed by atoms with Crippen LogP contribution in [0.5, 0.6) is 0 Å². The first-order valence-corrected chi connectivity index (χ1v) is 7.02. The molecule has 0 bridgehead atoms. The predicted octanol–water partition coefficient (Wildman–Crippen LogP) is 5.37. The first-order chi connectivity index (χ1) is 9.22. The van der Waals surface area contributed by atoms with E-state index in [-0.39, 0.29) is 6.04 Å². The average molecular weight is 316 g/mol. The standard InChI is InChI=1S/C16H14BrNO/c1-11(18-14-8-6-13(17)7-9-14)16-10-12-4-2-3-5-15(12)19-16/h2-11,18H,1H3. The number of fused-ring (bicyclic) bond motifs is 1. The highest BCUT2D eigenvalue weighted by molar-refractivity contribution is 9.10. The lowest BCUT2D eigenvalue weighted by Crippen LogP contribution is -2.05. The van der Waals surface area contributed by atoms with E-state index in [0.29, 0.717) is 0 Å². The van der Waals surface area contributed by atoms with Gasteiger partial charge in [0, 0.05) is 15.5 Å². The number of furan rings is 1. The van der Waals surface area contributed by atoms with Gasteiger partial charge in [0.2, 0.25) is 0 Å². The summed E-state index contributed by atoms with van der Waals surface area (Å²) in [6, 6.07) is 18.4. The fourth-order valence-corrected chi connectivity index (χ4v) is 2.35. The Balaban J connectivity index is 1.83. The monoisotopic (exact) mass is 315 g/mol. The fourth-order valence-electron chi connectivity index (χ4n) is 2.08. The predicted molar refractivity (Wildman–Crippen MR) is 82.4 cm³/mol. The molecule has 0 saturated heterocycles. The van der Waals surface area contributed by atoms with Gasteiger partial charge in [-0.15, -0.1) is 0 Å². The number of benzene rings is 2. The average Bonchev–Trinajstić information content (AvgIpc) is 2.85. The molecule has 0 spiro atoms. The van der Waals surface area contributed by atoms with Crippen LogP contribution in [0.4, 0.5) is 5.69 Å². The van der Waals surface area contributed by atoms with Gasteiger partial charge in [0.05, 0.1) is 6.04 Å². The summed E-state index contributed by atoms with van der Waals surface area (Å²) >= 11 is 3.43. The second-order valence-electron chi connectivity index (χ2n) is 4.56. The summed E-state index contributed by atoms with van der Waals surface area (Å²) in [5, 5.41) is 4.57. The first kappa shape index (κ1) is 12.3. The van der Waals surface area contributed by atoms with Gasteiger partial charge < -0.3 is 9.73 Å². The fraction of sp³-hybridized carbons (Fsp3) is 0.125. The zero-order chi connectivity index (χ0) is 13.2. The first-order valence-electron chi connectivity index (χ1n) is 6.23. The largest absolute Gasteiger partial charge is 0.459 e. The SMILES string of the molecule is CC(Nc1ccc(Br)cc1)c1cc2ccccc2o1. The third-order valence-corrected chi connectivity index (χ3v) is 3.63. The van der Waals surface area contributed by atoms with Crippen molar-refractivity contribution in [1.29, 1.82) is 0 Å². The van der Waals surface area contributed by atoms with Crippen molar-refractivity contribution < 1.29 is 4.42 Å². The normalized spacial score (nSPS) is 12.5. The molecule has 0 radical (unpaired) electrons. The number of hydrogen-bond acceptors (Lipinski definition) is 2. The Bertz CT molecular complexity index is 654. The molecule has 0 saturated carbocycles. The quantitative estimate of drug-likeness (QED) is 0.703. The molecule has 96 valence electrons. The highest BCUT2D eigenvalue weighted by Crippen LogP contribution is 2.26. The van der Waals surface area contributed by atoms with Crippen LogP contribution in [0.2, 0.25) is 0 Å². The van der Waals surface area contributed by atoms with Crippen molar-refractivity contribution >= 4 is 32.6 Å². The molecule has 1 atom stereocenters. The molecule has 0 fully saturated rings. The van der Waals surface area contributed by atoms with Gasteiger partial charge in [-0.1, -0.05) is 34.1 Å². The minimum atomic E-state index is 0.133. The van der Waals surface area contributed by atoms with E-state index in [1.807, 2.05) is 42.5 Å². The summed E-state index contributed by atoms with van der Waals surface area (Å²) in [6.07, 6.45) is 0. The zero-order valence-electron chi connectivity index (χ0n) is 10.6. The van der Waals surface area contributed by atoms with E-state index < -0.39 is 0 Å². The summed E-state index contributed by atoms with van der Waals surface area (Å²) in [6.45, 7) is 2.10. The van der Waals surface area contributed by atoms with Gasteiger partial charge in [0.1, 0.15) is 11.3 Å². The maximum absolute atomic E-state index is 5.85. The third-order valence-electron chi connectivity index (χ3n) is 3.10. The number of anilines is 1. The second kappa shape index (κ2) is 5.10. The molecular formula is C16H14BrNO. The van der Waals surface area contributed by atoms with Crippen LogP contribution in [-0.4, -0.2) is 0 Å². The molecule has 19 heavy (non-hydrogen) atoms. The summed E-state index contributed by atoms with van der Waals surface area (Å²) in [4.78, 5) is 0. The summed E-state index contributed by atoms with van der Waals surface area (Å²) < 4.78 is 6.93. The van der Waals surface area contributed by atoms with Crippen LogP contribution < -0.4 is 5.32 Å². The van der Waals surface area contributed by atoms with Crippen molar-refractivity contribution in [3.8, 4) is 0 Å². The molecule has 1 unspecified atom stereocenters. The molecule has 2 nitrogen and oxygen atoms in total. The van der Waals surface area contributed by atoms with E-state index in [4.69, 9.17) is 4.42 Å². The molecule has 0 aliphatic heterocycles. The molecule has 1 N–H and O–H groups in total. The molecular weight excluding hydrogens is 302 g/mol. The second-order valence-corrected chi connectivity index (χ2v) is 5.48. The maximum Gasteiger partial charge on any atom is 0.134 e. The molecule has 0 aliphatic rings. The van der Waals surface area contributed by atoms with Crippen LogP contribution in [0.3, 0.4) is 0 Å². The molecule has 2 aromatic carbocycles. The zero-order valence-corrected chi connectivity index (χ0v) is 12.1. The molecule has 0 amide bonds. The van der Waals surface area contributed by atoms with Gasteiger partial charge in [-0.3, -0.25) is 0 Å². The number of halogens is 1. The molecule has 3 heteroatoms. The Labute approximate surface area is 120 Å². The highest BCUT2D eigenvalue weighted by Gasteiger charge is 2.11. The number of hydrogen-bond donors (Lipinski definition) is 1. The van der Waals surface area contributed by atoms with Gasteiger partial charge >= 0.3 is 0 Å². The van der Waals surface area contributed by atoms with Crippen LogP contribution in [-0.2, 0) is 0 Å². The van der Waals surface area contributed by atoms with Crippen molar-refractivity contribution in [2.24, 2.45) is 0 Å². The van der Waals surface area contributed by atoms with Crippen molar-refractivity contribution in [3.63, 3.8) is 0 Å². The molecule has 1 heterocycles. The number of para-hydroxylation sites is 1. The van der Waals surface area contributed by atoms with Gasteiger partial charge in [-0.25, -0.2) is 0 Å². The lowest BCUT2D eigenvalue weighted by Gasteiger charge is -2.12. The topological polar surface area (TPSA) is 25.2 Å². The van der Waals surface area contributed by atoms with Crippen LogP contribution >= 0.6 is 15.9 Å². The van der Waals surface area contributed by atoms with Crippen LogP contribution in [0, 0.1) is 0 Å². The van der Waals surface area contributed by atoms with Crippen molar-refractivity contribution in [3.05, 3.63) is 64.8 Å². The third kappa shape index (κ3) is 2.66. The molecule has 0 aliphatic carbocycles. The van der Waals surface area contributed by atoms with Gasteiger partial charge in [-0.05, 0) is 43.3 Å². The summed E-state index contributed by atoms with van der Waals surface area (Å²) in [5.74, 6) is 0.948. The Morgan fingerprint density at radius 2 is 1.79 bits per heavy atom.